The Morgan fingerprint density at radius 3 is 2.10 bits per heavy atom. The van der Waals surface area contributed by atoms with Crippen LogP contribution in [0.3, 0.4) is 0 Å². The van der Waals surface area contributed by atoms with Crippen LogP contribution in [0.2, 0.25) is 0 Å². The number of carboxylic acid groups (broad SMARTS) is 2. The summed E-state index contributed by atoms with van der Waals surface area (Å²) in [5.74, 6) is -8.35. The molecule has 17 nitrogen and oxygen atoms in total. The highest BCUT2D eigenvalue weighted by Gasteiger charge is 2.29. The maximum Gasteiger partial charge on any atom is 0.328 e. The number of nitrogens with zero attached hydrogens (tertiary/aromatic N) is 1. The lowest BCUT2D eigenvalue weighted by molar-refractivity contribution is -0.146. The topological polar surface area (TPSA) is 290 Å². The molecule has 0 aromatic heterocycles. The van der Waals surface area contributed by atoms with Crippen molar-refractivity contribution in [1.29, 1.82) is 0 Å². The second kappa shape index (κ2) is 19.7. The third kappa shape index (κ3) is 17.8. The first-order valence-electron chi connectivity index (χ1n) is 12.8. The molecule has 17 heteroatoms. The summed E-state index contributed by atoms with van der Waals surface area (Å²) >= 11 is 0. The van der Waals surface area contributed by atoms with Crippen LogP contribution >= 0.6 is 0 Å². The molecule has 0 radical (unpaired) electrons. The zero-order chi connectivity index (χ0) is 31.5. The molecule has 0 spiro atoms. The van der Waals surface area contributed by atoms with Crippen LogP contribution in [0, 0.1) is 11.8 Å². The SMILES string of the molecule is CC(C)COC(=O)CCC(=O)NC(CCCN=C(N)N)C(=O)NCC(=O)CC(CC(=O)O)C(=O)NC(CO)C(=O)O. The van der Waals surface area contributed by atoms with E-state index in [9.17, 15) is 33.6 Å². The number of nitrogens with one attached hydrogen (secondary N) is 3. The van der Waals surface area contributed by atoms with Crippen LogP contribution in [0.5, 0.6) is 0 Å². The van der Waals surface area contributed by atoms with E-state index in [2.05, 4.69) is 15.6 Å². The molecule has 232 valence electrons. The molecule has 3 atom stereocenters. The summed E-state index contributed by atoms with van der Waals surface area (Å²) in [7, 11) is 0. The molecule has 0 aromatic rings. The smallest absolute Gasteiger partial charge is 0.328 e. The minimum Gasteiger partial charge on any atom is -0.481 e. The summed E-state index contributed by atoms with van der Waals surface area (Å²) in [5.41, 5.74) is 10.5. The van der Waals surface area contributed by atoms with E-state index in [1.54, 1.807) is 0 Å². The standard InChI is InChI=1S/C24H40N6O11/c1-13(2)12-41-20(36)6-5-18(33)29-16(4-3-7-27-24(25)26)22(38)28-10-15(32)8-14(9-19(34)35)21(37)30-17(11-31)23(39)40/h13-14,16-17,31H,3-12H2,1-2H3,(H,28,38)(H,29,33)(H,30,37)(H,34,35)(H,39,40)(H4,25,26,27). The molecule has 0 fully saturated rings. The number of ketones is 1. The van der Waals surface area contributed by atoms with E-state index in [0.29, 0.717) is 0 Å². The van der Waals surface area contributed by atoms with Crippen molar-refractivity contribution in [2.24, 2.45) is 28.3 Å². The summed E-state index contributed by atoms with van der Waals surface area (Å²) in [6.45, 7) is 2.44. The van der Waals surface area contributed by atoms with Gasteiger partial charge in [-0.25, -0.2) is 4.79 Å². The second-order valence-electron chi connectivity index (χ2n) is 9.48. The molecule has 0 saturated heterocycles. The number of esters is 1. The number of rotatable bonds is 21. The minimum atomic E-state index is -1.70. The van der Waals surface area contributed by atoms with Crippen LogP contribution in [-0.4, -0.2) is 101 Å². The Bertz CT molecular complexity index is 966. The first kappa shape index (κ1) is 36.7. The molecule has 0 heterocycles. The normalized spacial score (nSPS) is 12.8. The van der Waals surface area contributed by atoms with Gasteiger partial charge in [-0.2, -0.15) is 0 Å². The highest BCUT2D eigenvalue weighted by molar-refractivity contribution is 5.94. The highest BCUT2D eigenvalue weighted by Crippen LogP contribution is 2.11. The van der Waals surface area contributed by atoms with E-state index < -0.39 is 85.4 Å². The van der Waals surface area contributed by atoms with Gasteiger partial charge in [0.2, 0.25) is 17.7 Å². The Labute approximate surface area is 236 Å². The fraction of sp³-hybridized carbons (Fsp3) is 0.667. The van der Waals surface area contributed by atoms with Gasteiger partial charge in [0.1, 0.15) is 12.1 Å². The highest BCUT2D eigenvalue weighted by atomic mass is 16.5. The molecule has 41 heavy (non-hydrogen) atoms. The number of carbonyl (C=O) groups is 7. The number of ether oxygens (including phenoxy) is 1. The van der Waals surface area contributed by atoms with Crippen molar-refractivity contribution in [3.05, 3.63) is 0 Å². The number of aliphatic imine (C=N–C) groups is 1. The van der Waals surface area contributed by atoms with E-state index in [1.165, 1.54) is 0 Å². The summed E-state index contributed by atoms with van der Waals surface area (Å²) in [4.78, 5) is 87.7. The molecule has 0 rings (SSSR count). The fourth-order valence-corrected chi connectivity index (χ4v) is 3.19. The molecule has 3 amide bonds. The number of Topliss-reactive ketones (excluding diaryl/α,β-unsaturated/α-hetero) is 1. The van der Waals surface area contributed by atoms with E-state index in [4.69, 9.17) is 31.5 Å². The number of hydrogen-bond acceptors (Lipinski definition) is 10. The number of guanidine groups is 1. The lowest BCUT2D eigenvalue weighted by atomic mass is 9.97. The van der Waals surface area contributed by atoms with E-state index in [1.807, 2.05) is 19.2 Å². The number of amides is 3. The zero-order valence-corrected chi connectivity index (χ0v) is 23.1. The van der Waals surface area contributed by atoms with Gasteiger partial charge >= 0.3 is 17.9 Å². The third-order valence-corrected chi connectivity index (χ3v) is 5.25. The molecule has 0 aliphatic carbocycles. The quantitative estimate of drug-likeness (QED) is 0.0292. The van der Waals surface area contributed by atoms with Crippen molar-refractivity contribution < 1.29 is 53.6 Å². The number of nitrogens with two attached hydrogens (primary N) is 2. The third-order valence-electron chi connectivity index (χ3n) is 5.25. The molecular formula is C24H40N6O11. The summed E-state index contributed by atoms with van der Waals surface area (Å²) in [6, 6.07) is -2.84. The van der Waals surface area contributed by atoms with Crippen molar-refractivity contribution in [3.8, 4) is 0 Å². The van der Waals surface area contributed by atoms with Gasteiger partial charge in [-0.1, -0.05) is 13.8 Å². The molecule has 10 N–H and O–H groups in total. The number of carboxylic acids is 2. The number of aliphatic hydroxyl groups excluding tert-OH is 1. The van der Waals surface area contributed by atoms with Crippen LogP contribution in [0.15, 0.2) is 4.99 Å². The van der Waals surface area contributed by atoms with Gasteiger partial charge in [-0.05, 0) is 18.8 Å². The first-order valence-corrected chi connectivity index (χ1v) is 12.8. The number of aliphatic hydroxyl groups is 1. The molecule has 0 saturated carbocycles. The first-order chi connectivity index (χ1) is 19.2. The Balaban J connectivity index is 5.20. The summed E-state index contributed by atoms with van der Waals surface area (Å²) < 4.78 is 5.00. The van der Waals surface area contributed by atoms with E-state index in [-0.39, 0.29) is 50.7 Å². The number of aliphatic carboxylic acids is 2. The van der Waals surface area contributed by atoms with Crippen LogP contribution in [0.4, 0.5) is 0 Å². The molecule has 3 unspecified atom stereocenters. The van der Waals surface area contributed by atoms with Crippen LogP contribution < -0.4 is 27.4 Å². The lowest BCUT2D eigenvalue weighted by Crippen LogP contribution is -2.49. The number of hydrogen-bond donors (Lipinski definition) is 8. The van der Waals surface area contributed by atoms with Crippen molar-refractivity contribution >= 4 is 47.4 Å². The van der Waals surface area contributed by atoms with Gasteiger partial charge in [0.05, 0.1) is 38.5 Å². The molecule has 0 aliphatic rings. The van der Waals surface area contributed by atoms with Gasteiger partial charge in [0, 0.05) is 19.4 Å². The van der Waals surface area contributed by atoms with Crippen molar-refractivity contribution in [2.75, 3.05) is 26.3 Å². The Morgan fingerprint density at radius 1 is 0.902 bits per heavy atom. The Hall–Kier alpha value is -4.28. The maximum absolute atomic E-state index is 12.8. The lowest BCUT2D eigenvalue weighted by Gasteiger charge is -2.19. The summed E-state index contributed by atoms with van der Waals surface area (Å²) in [6.07, 6.45) is -1.63. The Kier molecular flexibility index (Phi) is 17.7. The minimum absolute atomic E-state index is 0.0577. The van der Waals surface area contributed by atoms with Crippen LogP contribution in [-0.2, 0) is 38.3 Å². The maximum atomic E-state index is 12.8. The average molecular weight is 589 g/mol. The Morgan fingerprint density at radius 2 is 1.56 bits per heavy atom. The van der Waals surface area contributed by atoms with Crippen molar-refractivity contribution in [1.82, 2.24) is 16.0 Å². The van der Waals surface area contributed by atoms with Gasteiger partial charge in [-0.15, -0.1) is 0 Å². The molecular weight excluding hydrogens is 548 g/mol. The van der Waals surface area contributed by atoms with Crippen molar-refractivity contribution in [3.63, 3.8) is 0 Å². The van der Waals surface area contributed by atoms with E-state index >= 15 is 0 Å². The van der Waals surface area contributed by atoms with Gasteiger partial charge in [0.15, 0.2) is 11.7 Å². The zero-order valence-electron chi connectivity index (χ0n) is 23.1. The van der Waals surface area contributed by atoms with Crippen molar-refractivity contribution in [2.45, 2.75) is 64.5 Å². The van der Waals surface area contributed by atoms with Crippen LogP contribution in [0.25, 0.3) is 0 Å². The fourth-order valence-electron chi connectivity index (χ4n) is 3.19. The van der Waals surface area contributed by atoms with Gasteiger partial charge in [0.25, 0.3) is 0 Å². The monoisotopic (exact) mass is 588 g/mol. The molecule has 0 aliphatic heterocycles. The van der Waals surface area contributed by atoms with Crippen LogP contribution in [0.1, 0.15) is 52.4 Å². The average Bonchev–Trinajstić information content (AvgIpc) is 2.88. The summed E-state index contributed by atoms with van der Waals surface area (Å²) in [5, 5.41) is 33.8. The predicted octanol–water partition coefficient (Wildman–Crippen LogP) is -2.77. The molecule has 0 aromatic carbocycles. The van der Waals surface area contributed by atoms with Gasteiger partial charge in [-0.3, -0.25) is 33.8 Å². The predicted molar refractivity (Wildman–Crippen MR) is 142 cm³/mol. The number of carbonyl (C=O) groups excluding carboxylic acids is 5. The largest absolute Gasteiger partial charge is 0.481 e. The van der Waals surface area contributed by atoms with E-state index in [0.717, 1.165) is 0 Å². The molecule has 0 bridgehead atoms. The van der Waals surface area contributed by atoms with Gasteiger partial charge < -0.3 is 47.5 Å². The second-order valence-corrected chi connectivity index (χ2v) is 9.48.